The SMILES string of the molecule is COc1ccc(CON2CC2C#N)cc1OC. The lowest BCUT2D eigenvalue weighted by Gasteiger charge is -2.09. The lowest BCUT2D eigenvalue weighted by molar-refractivity contribution is -0.0827. The van der Waals surface area contributed by atoms with Gasteiger partial charge in [-0.25, -0.2) is 0 Å². The highest BCUT2D eigenvalue weighted by Crippen LogP contribution is 2.28. The fraction of sp³-hybridized carbons (Fsp3) is 0.417. The number of hydroxylamine groups is 2. The van der Waals surface area contributed by atoms with Gasteiger partial charge in [-0.1, -0.05) is 6.07 Å². The van der Waals surface area contributed by atoms with Crippen LogP contribution >= 0.6 is 0 Å². The fourth-order valence-corrected chi connectivity index (χ4v) is 1.50. The van der Waals surface area contributed by atoms with Gasteiger partial charge in [-0.15, -0.1) is 0 Å². The summed E-state index contributed by atoms with van der Waals surface area (Å²) in [6.45, 7) is 1.11. The van der Waals surface area contributed by atoms with Gasteiger partial charge in [-0.05, 0) is 17.7 Å². The van der Waals surface area contributed by atoms with Gasteiger partial charge in [0.15, 0.2) is 11.5 Å². The third-order valence-electron chi connectivity index (χ3n) is 2.56. The molecule has 5 nitrogen and oxygen atoms in total. The summed E-state index contributed by atoms with van der Waals surface area (Å²) in [6.07, 6.45) is 0. The highest BCUT2D eigenvalue weighted by molar-refractivity contribution is 5.42. The van der Waals surface area contributed by atoms with Crippen LogP contribution in [0.15, 0.2) is 18.2 Å². The molecule has 1 aliphatic heterocycles. The van der Waals surface area contributed by atoms with Crippen molar-refractivity contribution in [3.63, 3.8) is 0 Å². The van der Waals surface area contributed by atoms with Crippen molar-refractivity contribution in [3.8, 4) is 17.6 Å². The van der Waals surface area contributed by atoms with Crippen LogP contribution < -0.4 is 9.47 Å². The van der Waals surface area contributed by atoms with Crippen molar-refractivity contribution >= 4 is 0 Å². The summed E-state index contributed by atoms with van der Waals surface area (Å²) in [5, 5.41) is 10.3. The lowest BCUT2D eigenvalue weighted by Crippen LogP contribution is -2.03. The van der Waals surface area contributed by atoms with Crippen molar-refractivity contribution < 1.29 is 14.3 Å². The monoisotopic (exact) mass is 234 g/mol. The van der Waals surface area contributed by atoms with Crippen LogP contribution in [0.25, 0.3) is 0 Å². The molecule has 2 rings (SSSR count). The number of ether oxygens (including phenoxy) is 2. The van der Waals surface area contributed by atoms with Crippen LogP contribution in [0.1, 0.15) is 5.56 Å². The van der Waals surface area contributed by atoms with Gasteiger partial charge in [0, 0.05) is 0 Å². The second kappa shape index (κ2) is 5.04. The molecule has 17 heavy (non-hydrogen) atoms. The van der Waals surface area contributed by atoms with Crippen LogP contribution in [-0.2, 0) is 11.4 Å². The van der Waals surface area contributed by atoms with Crippen LogP contribution in [0.5, 0.6) is 11.5 Å². The van der Waals surface area contributed by atoms with Crippen molar-refractivity contribution in [3.05, 3.63) is 23.8 Å². The molecule has 2 atom stereocenters. The summed E-state index contributed by atoms with van der Waals surface area (Å²) in [5.74, 6) is 1.37. The summed E-state index contributed by atoms with van der Waals surface area (Å²) in [4.78, 5) is 5.43. The van der Waals surface area contributed by atoms with Crippen molar-refractivity contribution in [2.45, 2.75) is 12.6 Å². The van der Waals surface area contributed by atoms with E-state index in [2.05, 4.69) is 6.07 Å². The van der Waals surface area contributed by atoms with Gasteiger partial charge < -0.3 is 9.47 Å². The maximum atomic E-state index is 8.62. The Morgan fingerprint density at radius 1 is 1.35 bits per heavy atom. The van der Waals surface area contributed by atoms with Gasteiger partial charge in [0.1, 0.15) is 6.04 Å². The van der Waals surface area contributed by atoms with Crippen molar-refractivity contribution in [1.29, 1.82) is 5.26 Å². The average Bonchev–Trinajstić information content (AvgIpc) is 3.14. The Hall–Kier alpha value is -1.77. The third kappa shape index (κ3) is 2.67. The number of hydrogen-bond acceptors (Lipinski definition) is 5. The molecule has 1 aliphatic rings. The van der Waals surface area contributed by atoms with E-state index in [1.165, 1.54) is 0 Å². The van der Waals surface area contributed by atoms with E-state index in [-0.39, 0.29) is 6.04 Å². The molecule has 0 spiro atoms. The number of rotatable bonds is 5. The normalized spacial score (nSPS) is 21.7. The molecule has 0 aromatic heterocycles. The Balaban J connectivity index is 1.95. The van der Waals surface area contributed by atoms with Gasteiger partial charge in [0.05, 0.1) is 33.4 Å². The van der Waals surface area contributed by atoms with Gasteiger partial charge in [0.2, 0.25) is 0 Å². The Bertz CT molecular complexity index is 442. The first kappa shape index (κ1) is 11.7. The van der Waals surface area contributed by atoms with E-state index in [9.17, 15) is 0 Å². The van der Waals surface area contributed by atoms with Gasteiger partial charge in [0.25, 0.3) is 0 Å². The predicted molar refractivity (Wildman–Crippen MR) is 60.4 cm³/mol. The van der Waals surface area contributed by atoms with Crippen LogP contribution in [0.3, 0.4) is 0 Å². The smallest absolute Gasteiger partial charge is 0.161 e. The number of nitrogens with zero attached hydrogens (tertiary/aromatic N) is 2. The Kier molecular flexibility index (Phi) is 3.47. The number of benzene rings is 1. The Morgan fingerprint density at radius 3 is 2.71 bits per heavy atom. The standard InChI is InChI=1S/C12H14N2O3/c1-15-11-4-3-9(5-12(11)16-2)8-17-14-7-10(14)6-13/h3-5,10H,7-8H2,1-2H3. The second-order valence-corrected chi connectivity index (χ2v) is 3.71. The summed E-state index contributed by atoms with van der Waals surface area (Å²) in [6, 6.07) is 7.64. The van der Waals surface area contributed by atoms with Gasteiger partial charge >= 0.3 is 0 Å². The molecule has 0 amide bonds. The summed E-state index contributed by atoms with van der Waals surface area (Å²) in [7, 11) is 3.19. The highest BCUT2D eigenvalue weighted by atomic mass is 16.7. The molecule has 1 aromatic carbocycles. The maximum absolute atomic E-state index is 8.62. The zero-order valence-electron chi connectivity index (χ0n) is 9.84. The van der Waals surface area contributed by atoms with Crippen LogP contribution in [0, 0.1) is 11.3 Å². The number of nitriles is 1. The maximum Gasteiger partial charge on any atom is 0.161 e. The minimum Gasteiger partial charge on any atom is -0.493 e. The van der Waals surface area contributed by atoms with Gasteiger partial charge in [-0.2, -0.15) is 10.3 Å². The highest BCUT2D eigenvalue weighted by Gasteiger charge is 2.35. The number of hydrogen-bond donors (Lipinski definition) is 0. The van der Waals surface area contributed by atoms with E-state index in [0.29, 0.717) is 24.7 Å². The summed E-state index contributed by atoms with van der Waals surface area (Å²) < 4.78 is 10.3. The van der Waals surface area contributed by atoms with Crippen LogP contribution in [-0.4, -0.2) is 31.9 Å². The molecule has 1 saturated heterocycles. The zero-order chi connectivity index (χ0) is 12.3. The minimum absolute atomic E-state index is 0.0878. The second-order valence-electron chi connectivity index (χ2n) is 3.71. The minimum atomic E-state index is -0.0878. The Labute approximate surface area is 100 Å². The molecule has 1 fully saturated rings. The lowest BCUT2D eigenvalue weighted by atomic mass is 10.2. The molecular weight excluding hydrogens is 220 g/mol. The van der Waals surface area contributed by atoms with E-state index in [0.717, 1.165) is 5.56 Å². The first-order valence-electron chi connectivity index (χ1n) is 5.28. The van der Waals surface area contributed by atoms with E-state index in [1.807, 2.05) is 18.2 Å². The van der Waals surface area contributed by atoms with E-state index in [4.69, 9.17) is 19.6 Å². The van der Waals surface area contributed by atoms with E-state index >= 15 is 0 Å². The summed E-state index contributed by atoms with van der Waals surface area (Å²) in [5.41, 5.74) is 0.978. The quantitative estimate of drug-likeness (QED) is 0.720. The predicted octanol–water partition coefficient (Wildman–Crippen LogP) is 1.34. The van der Waals surface area contributed by atoms with Crippen LogP contribution in [0.2, 0.25) is 0 Å². The molecule has 0 N–H and O–H groups in total. The van der Waals surface area contributed by atoms with Crippen molar-refractivity contribution in [1.82, 2.24) is 5.06 Å². The number of methoxy groups -OCH3 is 2. The van der Waals surface area contributed by atoms with Crippen molar-refractivity contribution in [2.24, 2.45) is 0 Å². The molecule has 0 bridgehead atoms. The zero-order valence-corrected chi connectivity index (χ0v) is 9.84. The summed E-state index contributed by atoms with van der Waals surface area (Å²) >= 11 is 0. The molecule has 1 aromatic rings. The fourth-order valence-electron chi connectivity index (χ4n) is 1.50. The largest absolute Gasteiger partial charge is 0.493 e. The third-order valence-corrected chi connectivity index (χ3v) is 2.56. The van der Waals surface area contributed by atoms with Crippen LogP contribution in [0.4, 0.5) is 0 Å². The van der Waals surface area contributed by atoms with Crippen molar-refractivity contribution in [2.75, 3.05) is 20.8 Å². The Morgan fingerprint density at radius 2 is 2.12 bits per heavy atom. The molecule has 0 aliphatic carbocycles. The first-order valence-corrected chi connectivity index (χ1v) is 5.28. The molecule has 5 heteroatoms. The first-order chi connectivity index (χ1) is 8.28. The molecular formula is C12H14N2O3. The van der Waals surface area contributed by atoms with E-state index < -0.39 is 0 Å². The molecule has 2 unspecified atom stereocenters. The molecule has 0 radical (unpaired) electrons. The molecule has 0 saturated carbocycles. The topological polar surface area (TPSA) is 54.5 Å². The average molecular weight is 234 g/mol. The van der Waals surface area contributed by atoms with E-state index in [1.54, 1.807) is 19.3 Å². The molecule has 90 valence electrons. The van der Waals surface area contributed by atoms with Gasteiger partial charge in [-0.3, -0.25) is 4.84 Å². The molecule has 1 heterocycles.